The molecule has 0 aliphatic heterocycles. The topological polar surface area (TPSA) is 47.6 Å². The third-order valence-electron chi connectivity index (χ3n) is 1.35. The number of oxime groups is 1. The van der Waals surface area contributed by atoms with Crippen LogP contribution in [0.25, 0.3) is 0 Å². The summed E-state index contributed by atoms with van der Waals surface area (Å²) in [7, 11) is 0. The fourth-order valence-electron chi connectivity index (χ4n) is 0.673. The molecule has 0 aromatic carbocycles. The van der Waals surface area contributed by atoms with Crippen LogP contribution in [-0.2, 0) is 11.4 Å². The van der Waals surface area contributed by atoms with Gasteiger partial charge in [-0.2, -0.15) is 0 Å². The van der Waals surface area contributed by atoms with Gasteiger partial charge >= 0.3 is 0 Å². The summed E-state index contributed by atoms with van der Waals surface area (Å²) in [6.07, 6.45) is 0. The van der Waals surface area contributed by atoms with E-state index in [-0.39, 0.29) is 0 Å². The molecule has 0 saturated carbocycles. The van der Waals surface area contributed by atoms with Crippen molar-refractivity contribution in [1.82, 2.24) is 0 Å². The molecule has 0 unspecified atom stereocenters. The Balaban J connectivity index is 2.35. The Hall–Kier alpha value is -0.390. The van der Waals surface area contributed by atoms with Crippen molar-refractivity contribution >= 4 is 33.0 Å². The molecule has 0 amide bonds. The summed E-state index contributed by atoms with van der Waals surface area (Å²) in [5.41, 5.74) is 6.14. The lowest BCUT2D eigenvalue weighted by molar-refractivity contribution is 0.132. The third-order valence-corrected chi connectivity index (χ3v) is 2.95. The summed E-state index contributed by atoms with van der Waals surface area (Å²) in [6, 6.07) is 3.99. The lowest BCUT2D eigenvalue weighted by Crippen LogP contribution is -2.09. The zero-order chi connectivity index (χ0) is 9.68. The lowest BCUT2D eigenvalue weighted by atomic mass is 10.4. The number of halogens is 1. The van der Waals surface area contributed by atoms with E-state index in [1.807, 2.05) is 19.1 Å². The second-order valence-corrected chi connectivity index (χ2v) is 5.06. The molecule has 2 N–H and O–H groups in total. The van der Waals surface area contributed by atoms with E-state index in [1.165, 1.54) is 0 Å². The average molecular weight is 263 g/mol. The van der Waals surface area contributed by atoms with Gasteiger partial charge in [0.25, 0.3) is 0 Å². The molecular formula is C8H11BrN2OS. The second kappa shape index (κ2) is 5.36. The number of thiophene rings is 1. The first-order chi connectivity index (χ1) is 6.22. The lowest BCUT2D eigenvalue weighted by Gasteiger charge is -1.97. The quantitative estimate of drug-likeness (QED) is 0.669. The zero-order valence-corrected chi connectivity index (χ0v) is 9.69. The molecule has 0 aliphatic carbocycles. The molecular weight excluding hydrogens is 252 g/mol. The summed E-state index contributed by atoms with van der Waals surface area (Å²) < 4.78 is 1.10. The minimum absolute atomic E-state index is 0.439. The van der Waals surface area contributed by atoms with Gasteiger partial charge in [-0.05, 0) is 35.0 Å². The van der Waals surface area contributed by atoms with Crippen molar-refractivity contribution in [1.29, 1.82) is 0 Å². The SMILES string of the molecule is CC(CN)=NOCc1ccc(Br)s1. The highest BCUT2D eigenvalue weighted by Gasteiger charge is 1.97. The largest absolute Gasteiger partial charge is 0.390 e. The Morgan fingerprint density at radius 3 is 3.00 bits per heavy atom. The number of hydrogen-bond acceptors (Lipinski definition) is 4. The predicted molar refractivity (Wildman–Crippen MR) is 59.0 cm³/mol. The Labute approximate surface area is 89.7 Å². The molecule has 3 nitrogen and oxygen atoms in total. The van der Waals surface area contributed by atoms with Crippen molar-refractivity contribution in [3.05, 3.63) is 20.8 Å². The first kappa shape index (κ1) is 10.7. The summed E-state index contributed by atoms with van der Waals surface area (Å²) in [5, 5.41) is 3.83. The first-order valence-corrected chi connectivity index (χ1v) is 5.43. The zero-order valence-electron chi connectivity index (χ0n) is 7.29. The molecule has 0 atom stereocenters. The highest BCUT2D eigenvalue weighted by atomic mass is 79.9. The molecule has 1 aromatic rings. The van der Waals surface area contributed by atoms with Gasteiger partial charge in [-0.15, -0.1) is 11.3 Å². The van der Waals surface area contributed by atoms with E-state index in [1.54, 1.807) is 11.3 Å². The monoisotopic (exact) mass is 262 g/mol. The molecule has 0 spiro atoms. The molecule has 72 valence electrons. The van der Waals surface area contributed by atoms with Crippen LogP contribution in [0, 0.1) is 0 Å². The Kier molecular flexibility index (Phi) is 4.41. The van der Waals surface area contributed by atoms with Gasteiger partial charge < -0.3 is 10.6 Å². The molecule has 0 bridgehead atoms. The molecule has 0 aliphatic rings. The molecule has 1 rings (SSSR count). The molecule has 0 fully saturated rings. The molecule has 5 heteroatoms. The maximum absolute atomic E-state index is 5.34. The van der Waals surface area contributed by atoms with Crippen LogP contribution in [0.3, 0.4) is 0 Å². The molecule has 0 saturated heterocycles. The average Bonchev–Trinajstić information content (AvgIpc) is 2.51. The van der Waals surface area contributed by atoms with Crippen LogP contribution in [0.2, 0.25) is 0 Å². The van der Waals surface area contributed by atoms with Gasteiger partial charge in [0.2, 0.25) is 0 Å². The summed E-state index contributed by atoms with van der Waals surface area (Å²) in [6.45, 7) is 2.78. The highest BCUT2D eigenvalue weighted by Crippen LogP contribution is 2.22. The number of nitrogens with two attached hydrogens (primary N) is 1. The molecule has 1 aromatic heterocycles. The summed E-state index contributed by atoms with van der Waals surface area (Å²) in [4.78, 5) is 6.22. The number of hydrogen-bond donors (Lipinski definition) is 1. The van der Waals surface area contributed by atoms with Gasteiger partial charge in [0.05, 0.1) is 9.50 Å². The Morgan fingerprint density at radius 2 is 2.46 bits per heavy atom. The Bertz CT molecular complexity index is 298. The van der Waals surface area contributed by atoms with Crippen molar-refractivity contribution < 1.29 is 4.84 Å². The van der Waals surface area contributed by atoms with Gasteiger partial charge in [0.15, 0.2) is 6.61 Å². The fraction of sp³-hybridized carbons (Fsp3) is 0.375. The van der Waals surface area contributed by atoms with E-state index in [2.05, 4.69) is 21.1 Å². The van der Waals surface area contributed by atoms with Crippen LogP contribution in [0.1, 0.15) is 11.8 Å². The van der Waals surface area contributed by atoms with E-state index in [9.17, 15) is 0 Å². The van der Waals surface area contributed by atoms with Gasteiger partial charge in [-0.3, -0.25) is 0 Å². The van der Waals surface area contributed by atoms with Crippen LogP contribution in [0.5, 0.6) is 0 Å². The smallest absolute Gasteiger partial charge is 0.151 e. The number of rotatable bonds is 4. The van der Waals surface area contributed by atoms with Crippen LogP contribution in [-0.4, -0.2) is 12.3 Å². The van der Waals surface area contributed by atoms with Crippen LogP contribution < -0.4 is 5.73 Å². The van der Waals surface area contributed by atoms with Crippen molar-refractivity contribution in [3.8, 4) is 0 Å². The first-order valence-electron chi connectivity index (χ1n) is 3.82. The fourth-order valence-corrected chi connectivity index (χ4v) is 2.06. The van der Waals surface area contributed by atoms with E-state index in [4.69, 9.17) is 10.6 Å². The van der Waals surface area contributed by atoms with Gasteiger partial charge in [0, 0.05) is 11.4 Å². The maximum atomic E-state index is 5.34. The normalized spacial score (nSPS) is 11.8. The molecule has 0 radical (unpaired) electrons. The minimum Gasteiger partial charge on any atom is -0.390 e. The molecule has 13 heavy (non-hydrogen) atoms. The highest BCUT2D eigenvalue weighted by molar-refractivity contribution is 9.11. The van der Waals surface area contributed by atoms with Crippen molar-refractivity contribution in [2.24, 2.45) is 10.9 Å². The predicted octanol–water partition coefficient (Wildman–Crippen LogP) is 2.36. The van der Waals surface area contributed by atoms with Crippen molar-refractivity contribution in [2.75, 3.05) is 6.54 Å². The number of nitrogens with zero attached hydrogens (tertiary/aromatic N) is 1. The van der Waals surface area contributed by atoms with Gasteiger partial charge in [-0.25, -0.2) is 0 Å². The maximum Gasteiger partial charge on any atom is 0.151 e. The van der Waals surface area contributed by atoms with E-state index >= 15 is 0 Å². The van der Waals surface area contributed by atoms with Gasteiger partial charge in [-0.1, -0.05) is 5.16 Å². The molecule has 1 heterocycles. The van der Waals surface area contributed by atoms with E-state index in [0.29, 0.717) is 13.2 Å². The van der Waals surface area contributed by atoms with Crippen LogP contribution >= 0.6 is 27.3 Å². The van der Waals surface area contributed by atoms with Crippen LogP contribution in [0.15, 0.2) is 21.1 Å². The van der Waals surface area contributed by atoms with Crippen LogP contribution in [0.4, 0.5) is 0 Å². The summed E-state index contributed by atoms with van der Waals surface area (Å²) >= 11 is 5.01. The van der Waals surface area contributed by atoms with Crippen molar-refractivity contribution in [2.45, 2.75) is 13.5 Å². The Morgan fingerprint density at radius 1 is 1.69 bits per heavy atom. The van der Waals surface area contributed by atoms with Gasteiger partial charge in [0.1, 0.15) is 0 Å². The van der Waals surface area contributed by atoms with E-state index in [0.717, 1.165) is 14.4 Å². The third kappa shape index (κ3) is 3.89. The second-order valence-electron chi connectivity index (χ2n) is 2.51. The van der Waals surface area contributed by atoms with E-state index < -0.39 is 0 Å². The minimum atomic E-state index is 0.439. The summed E-state index contributed by atoms with van der Waals surface area (Å²) in [5.74, 6) is 0. The van der Waals surface area contributed by atoms with Crippen molar-refractivity contribution in [3.63, 3.8) is 0 Å². The standard InChI is InChI=1S/C8H11BrN2OS/c1-6(4-10)11-12-5-7-2-3-8(9)13-7/h2-3H,4-5,10H2,1H3.